The third-order valence-corrected chi connectivity index (χ3v) is 5.22. The van der Waals surface area contributed by atoms with Gasteiger partial charge in [0.25, 0.3) is 0 Å². The van der Waals surface area contributed by atoms with Gasteiger partial charge in [-0.25, -0.2) is 0 Å². The first-order chi connectivity index (χ1) is 10.5. The molecule has 1 aromatic carbocycles. The number of piperidine rings is 1. The number of aliphatic carboxylic acids is 1. The monoisotopic (exact) mass is 341 g/mol. The zero-order chi connectivity index (χ0) is 16.1. The molecule has 2 unspecified atom stereocenters. The van der Waals surface area contributed by atoms with Gasteiger partial charge in [-0.15, -0.1) is 11.8 Å². The molecule has 22 heavy (non-hydrogen) atoms. The molecule has 0 aliphatic carbocycles. The first kappa shape index (κ1) is 17.2. The zero-order valence-corrected chi connectivity index (χ0v) is 14.1. The fraction of sp³-hybridized carbons (Fsp3) is 0.500. The summed E-state index contributed by atoms with van der Waals surface area (Å²) in [5.41, 5.74) is 0. The molecule has 1 aromatic rings. The average molecular weight is 342 g/mol. The molecule has 1 aliphatic heterocycles. The summed E-state index contributed by atoms with van der Waals surface area (Å²) in [5, 5.41) is 9.81. The molecule has 1 N–H and O–H groups in total. The number of carboxylic acid groups (broad SMARTS) is 1. The molecule has 1 heterocycles. The second-order valence-corrected chi connectivity index (χ2v) is 7.16. The van der Waals surface area contributed by atoms with Gasteiger partial charge >= 0.3 is 5.97 Å². The maximum Gasteiger partial charge on any atom is 0.308 e. The lowest BCUT2D eigenvalue weighted by atomic mass is 9.93. The molecule has 0 saturated carbocycles. The Morgan fingerprint density at radius 1 is 1.32 bits per heavy atom. The number of amides is 1. The number of hydrogen-bond donors (Lipinski definition) is 1. The molecule has 1 saturated heterocycles. The summed E-state index contributed by atoms with van der Waals surface area (Å²) in [6, 6.07) is 7.65. The van der Waals surface area contributed by atoms with Crippen molar-refractivity contribution in [2.24, 2.45) is 5.92 Å². The van der Waals surface area contributed by atoms with Crippen LogP contribution in [0.3, 0.4) is 0 Å². The van der Waals surface area contributed by atoms with Crippen molar-refractivity contribution in [1.82, 2.24) is 4.90 Å². The van der Waals surface area contributed by atoms with E-state index in [1.807, 2.05) is 31.2 Å². The Bertz CT molecular complexity index is 535. The molecular formula is C16H20ClNO3S. The summed E-state index contributed by atoms with van der Waals surface area (Å²) < 4.78 is 0. The number of halogens is 1. The largest absolute Gasteiger partial charge is 0.481 e. The number of thioether (sulfide) groups is 1. The Morgan fingerprint density at radius 3 is 2.64 bits per heavy atom. The van der Waals surface area contributed by atoms with Gasteiger partial charge in [-0.05, 0) is 44.0 Å². The summed E-state index contributed by atoms with van der Waals surface area (Å²) in [4.78, 5) is 26.2. The van der Waals surface area contributed by atoms with E-state index in [1.54, 1.807) is 16.7 Å². The standard InChI is InChI=1S/C16H20ClNO3S/c1-11-2-3-12(16(20)21)10-18(11)15(19)8-9-22-14-6-4-13(17)5-7-14/h4-7,11-12H,2-3,8-10H2,1H3,(H,20,21). The van der Waals surface area contributed by atoms with Crippen molar-refractivity contribution < 1.29 is 14.7 Å². The van der Waals surface area contributed by atoms with Crippen LogP contribution in [0.25, 0.3) is 0 Å². The SMILES string of the molecule is CC1CCC(C(=O)O)CN1C(=O)CCSc1ccc(Cl)cc1. The molecule has 0 aromatic heterocycles. The highest BCUT2D eigenvalue weighted by Gasteiger charge is 2.32. The molecule has 4 nitrogen and oxygen atoms in total. The molecule has 120 valence electrons. The Hall–Kier alpha value is -1.20. The van der Waals surface area contributed by atoms with E-state index < -0.39 is 11.9 Å². The second-order valence-electron chi connectivity index (χ2n) is 5.56. The molecule has 6 heteroatoms. The Kier molecular flexibility index (Phi) is 6.15. The van der Waals surface area contributed by atoms with Crippen LogP contribution < -0.4 is 0 Å². The minimum Gasteiger partial charge on any atom is -0.481 e. The van der Waals surface area contributed by atoms with Gasteiger partial charge in [0.2, 0.25) is 5.91 Å². The summed E-state index contributed by atoms with van der Waals surface area (Å²) in [6.07, 6.45) is 1.83. The van der Waals surface area contributed by atoms with Gasteiger partial charge in [0.05, 0.1) is 5.92 Å². The lowest BCUT2D eigenvalue weighted by Crippen LogP contribution is -2.47. The van der Waals surface area contributed by atoms with Crippen LogP contribution in [0.4, 0.5) is 0 Å². The van der Waals surface area contributed by atoms with Crippen LogP contribution in [0.1, 0.15) is 26.2 Å². The molecule has 0 bridgehead atoms. The first-order valence-electron chi connectivity index (χ1n) is 7.38. The van der Waals surface area contributed by atoms with Crippen molar-refractivity contribution in [3.05, 3.63) is 29.3 Å². The normalized spacial score (nSPS) is 21.6. The fourth-order valence-corrected chi connectivity index (χ4v) is 3.55. The van der Waals surface area contributed by atoms with E-state index in [9.17, 15) is 9.59 Å². The van der Waals surface area contributed by atoms with Crippen molar-refractivity contribution in [2.45, 2.75) is 37.1 Å². The molecule has 0 radical (unpaired) electrons. The topological polar surface area (TPSA) is 57.6 Å². The van der Waals surface area contributed by atoms with Crippen molar-refractivity contribution in [1.29, 1.82) is 0 Å². The third-order valence-electron chi connectivity index (χ3n) is 3.95. The van der Waals surface area contributed by atoms with Gasteiger partial charge < -0.3 is 10.0 Å². The van der Waals surface area contributed by atoms with E-state index in [0.717, 1.165) is 11.3 Å². The molecule has 2 atom stereocenters. The first-order valence-corrected chi connectivity index (χ1v) is 8.74. The average Bonchev–Trinajstić information content (AvgIpc) is 2.49. The van der Waals surface area contributed by atoms with Gasteiger partial charge in [0.15, 0.2) is 0 Å². The predicted molar refractivity (Wildman–Crippen MR) is 88.3 cm³/mol. The predicted octanol–water partition coefficient (Wildman–Crippen LogP) is 3.53. The number of likely N-dealkylation sites (tertiary alicyclic amines) is 1. The van der Waals surface area contributed by atoms with Gasteiger partial charge in [0.1, 0.15) is 0 Å². The van der Waals surface area contributed by atoms with Crippen molar-refractivity contribution in [3.63, 3.8) is 0 Å². The number of nitrogens with zero attached hydrogens (tertiary/aromatic N) is 1. The fourth-order valence-electron chi connectivity index (χ4n) is 2.59. The van der Waals surface area contributed by atoms with E-state index >= 15 is 0 Å². The lowest BCUT2D eigenvalue weighted by molar-refractivity contribution is -0.147. The molecule has 1 amide bonds. The van der Waals surface area contributed by atoms with Crippen molar-refractivity contribution in [3.8, 4) is 0 Å². The maximum atomic E-state index is 12.3. The van der Waals surface area contributed by atoms with E-state index in [0.29, 0.717) is 30.2 Å². The van der Waals surface area contributed by atoms with E-state index in [4.69, 9.17) is 16.7 Å². The van der Waals surface area contributed by atoms with Crippen LogP contribution in [0, 0.1) is 5.92 Å². The number of hydrogen-bond acceptors (Lipinski definition) is 3. The highest BCUT2D eigenvalue weighted by Crippen LogP contribution is 2.25. The lowest BCUT2D eigenvalue weighted by Gasteiger charge is -2.36. The van der Waals surface area contributed by atoms with Crippen molar-refractivity contribution in [2.75, 3.05) is 12.3 Å². The van der Waals surface area contributed by atoms with Gasteiger partial charge in [-0.2, -0.15) is 0 Å². The smallest absolute Gasteiger partial charge is 0.308 e. The van der Waals surface area contributed by atoms with E-state index in [-0.39, 0.29) is 11.9 Å². The molecule has 0 spiro atoms. The summed E-state index contributed by atoms with van der Waals surface area (Å²) in [6.45, 7) is 2.32. The number of carboxylic acids is 1. The molecular weight excluding hydrogens is 322 g/mol. The van der Waals surface area contributed by atoms with Gasteiger partial charge in [-0.1, -0.05) is 11.6 Å². The summed E-state index contributed by atoms with van der Waals surface area (Å²) >= 11 is 7.44. The van der Waals surface area contributed by atoms with Crippen molar-refractivity contribution >= 4 is 35.2 Å². The second kappa shape index (κ2) is 7.88. The van der Waals surface area contributed by atoms with Crippen LogP contribution in [0.15, 0.2) is 29.2 Å². The Balaban J connectivity index is 1.82. The Labute approximate surface area is 139 Å². The number of rotatable bonds is 5. The van der Waals surface area contributed by atoms with Gasteiger partial charge in [0, 0.05) is 34.7 Å². The number of benzene rings is 1. The van der Waals surface area contributed by atoms with E-state index in [2.05, 4.69) is 0 Å². The highest BCUT2D eigenvalue weighted by atomic mass is 35.5. The highest BCUT2D eigenvalue weighted by molar-refractivity contribution is 7.99. The zero-order valence-electron chi connectivity index (χ0n) is 12.5. The van der Waals surface area contributed by atoms with Crippen LogP contribution in [0.2, 0.25) is 5.02 Å². The van der Waals surface area contributed by atoms with Crippen LogP contribution in [0.5, 0.6) is 0 Å². The summed E-state index contributed by atoms with van der Waals surface area (Å²) in [7, 11) is 0. The number of carbonyl (C=O) groups excluding carboxylic acids is 1. The summed E-state index contributed by atoms with van der Waals surface area (Å²) in [5.74, 6) is -0.509. The molecule has 2 rings (SSSR count). The van der Waals surface area contributed by atoms with E-state index in [1.165, 1.54) is 0 Å². The van der Waals surface area contributed by atoms with Crippen LogP contribution in [-0.2, 0) is 9.59 Å². The van der Waals surface area contributed by atoms with Crippen LogP contribution >= 0.6 is 23.4 Å². The number of carbonyl (C=O) groups is 2. The van der Waals surface area contributed by atoms with Gasteiger partial charge in [-0.3, -0.25) is 9.59 Å². The minimum absolute atomic E-state index is 0.0416. The maximum absolute atomic E-state index is 12.3. The molecule has 1 fully saturated rings. The Morgan fingerprint density at radius 2 is 2.00 bits per heavy atom. The quantitative estimate of drug-likeness (QED) is 0.832. The third kappa shape index (κ3) is 4.65. The minimum atomic E-state index is -0.805. The molecule has 1 aliphatic rings. The van der Waals surface area contributed by atoms with Crippen LogP contribution in [-0.4, -0.2) is 40.2 Å².